The Hall–Kier alpha value is -5.27. The normalized spacial score (nSPS) is 15.9. The number of methoxy groups -OCH3 is 2. The van der Waals surface area contributed by atoms with Crippen LogP contribution < -0.4 is 19.1 Å². The lowest BCUT2D eigenvalue weighted by Crippen LogP contribution is -2.41. The largest absolute Gasteiger partial charge is 0.494 e. The number of benzene rings is 3. The van der Waals surface area contributed by atoms with Gasteiger partial charge < -0.3 is 33.1 Å². The number of unbranched alkanes of at least 4 members (excludes halogenated alkanes) is 2. The van der Waals surface area contributed by atoms with Gasteiger partial charge in [-0.15, -0.1) is 15.3 Å². The first kappa shape index (κ1) is 48.2. The molecule has 0 spiro atoms. The van der Waals surface area contributed by atoms with E-state index < -0.39 is 13.4 Å². The van der Waals surface area contributed by atoms with E-state index >= 15 is 0 Å². The molecule has 0 saturated carbocycles. The Morgan fingerprint density at radius 3 is 2.14 bits per heavy atom. The Balaban J connectivity index is 1.06. The molecule has 1 amide bonds. The van der Waals surface area contributed by atoms with Crippen LogP contribution in [-0.2, 0) is 26.7 Å². The summed E-state index contributed by atoms with van der Waals surface area (Å²) in [5.74, 6) is 1.73. The number of aryl methyl sites for hydroxylation is 1. The molecule has 18 heteroatoms. The molecule has 17 nitrogen and oxygen atoms in total. The van der Waals surface area contributed by atoms with E-state index in [1.54, 1.807) is 12.1 Å². The van der Waals surface area contributed by atoms with Gasteiger partial charge in [-0.2, -0.15) is 10.4 Å². The zero-order valence-corrected chi connectivity index (χ0v) is 38.9. The maximum absolute atomic E-state index is 13.3. The SMILES string of the molecule is COc1cc(N=Nc2cc3c4c(c2OCCCCCC(=O)N2CCC(OP(OCCC#N)N(C(C)C)C(C)C)CC2)CCCN4CCC3)c(OC)cc1N=Nc1ccc([N+](=O)[O-])cc1. The summed E-state index contributed by atoms with van der Waals surface area (Å²) in [5, 5.41) is 38.1. The van der Waals surface area contributed by atoms with Gasteiger partial charge in [-0.25, -0.2) is 4.67 Å². The lowest BCUT2D eigenvalue weighted by atomic mass is 9.90. The quantitative estimate of drug-likeness (QED) is 0.0307. The minimum absolute atomic E-state index is 0.00490. The molecule has 64 heavy (non-hydrogen) atoms. The number of amides is 1. The smallest absolute Gasteiger partial charge is 0.269 e. The highest BCUT2D eigenvalue weighted by molar-refractivity contribution is 7.44. The molecule has 3 aliphatic rings. The third-order valence-electron chi connectivity index (χ3n) is 11.5. The van der Waals surface area contributed by atoms with Crippen LogP contribution in [0.25, 0.3) is 0 Å². The van der Waals surface area contributed by atoms with Gasteiger partial charge in [0.05, 0.1) is 56.6 Å². The summed E-state index contributed by atoms with van der Waals surface area (Å²) in [7, 11) is 1.75. The van der Waals surface area contributed by atoms with Crippen LogP contribution in [0.5, 0.6) is 17.2 Å². The van der Waals surface area contributed by atoms with Crippen molar-refractivity contribution in [2.24, 2.45) is 20.5 Å². The molecule has 6 rings (SSSR count). The zero-order chi connectivity index (χ0) is 45.6. The van der Waals surface area contributed by atoms with E-state index in [4.69, 9.17) is 33.6 Å². The third-order valence-corrected chi connectivity index (χ3v) is 13.7. The minimum Gasteiger partial charge on any atom is -0.494 e. The molecule has 3 aromatic carbocycles. The topological polar surface area (TPSA) is 189 Å². The summed E-state index contributed by atoms with van der Waals surface area (Å²) >= 11 is 0. The molecule has 0 aliphatic carbocycles. The predicted molar refractivity (Wildman–Crippen MR) is 246 cm³/mol. The molecule has 1 fully saturated rings. The van der Waals surface area contributed by atoms with Crippen molar-refractivity contribution in [1.29, 1.82) is 5.26 Å². The van der Waals surface area contributed by atoms with Gasteiger partial charge in [0.2, 0.25) is 5.91 Å². The van der Waals surface area contributed by atoms with Crippen molar-refractivity contribution in [3.63, 3.8) is 0 Å². The highest BCUT2D eigenvalue weighted by Gasteiger charge is 2.33. The van der Waals surface area contributed by atoms with E-state index in [9.17, 15) is 14.9 Å². The van der Waals surface area contributed by atoms with Gasteiger partial charge in [0.1, 0.15) is 28.6 Å². The Morgan fingerprint density at radius 2 is 1.52 bits per heavy atom. The molecule has 1 unspecified atom stereocenters. The van der Waals surface area contributed by atoms with E-state index in [1.807, 2.05) is 4.90 Å². The van der Waals surface area contributed by atoms with Crippen molar-refractivity contribution >= 4 is 48.6 Å². The molecule has 0 bridgehead atoms. The number of nitriles is 1. The standard InChI is InChI=1S/C46H62N9O8P/c1-32(2)54(33(3)4)64(62-28-12-22-47)63-37-20-25-52(26-21-37)44(56)15-8-7-9-27-61-46-38-14-11-24-53-23-10-13-34(45(38)53)29-41(46)51-50-40-31-42(59-5)39(30-43(40)60-6)49-48-35-16-18-36(19-17-35)55(57)58/h16-19,29-33,37H,7-15,20-21,23-28H2,1-6H3. The van der Waals surface area contributed by atoms with Crippen molar-refractivity contribution in [3.8, 4) is 23.3 Å². The van der Waals surface area contributed by atoms with Gasteiger partial charge >= 0.3 is 0 Å². The fraction of sp³-hybridized carbons (Fsp3) is 0.565. The second-order valence-corrected chi connectivity index (χ2v) is 18.1. The number of piperidine rings is 1. The molecule has 3 aliphatic heterocycles. The maximum atomic E-state index is 13.3. The van der Waals surface area contributed by atoms with Crippen LogP contribution in [0.2, 0.25) is 0 Å². The number of nitro benzene ring substituents is 1. The molecule has 1 saturated heterocycles. The second kappa shape index (κ2) is 23.6. The van der Waals surface area contributed by atoms with Crippen LogP contribution in [0.15, 0.2) is 62.9 Å². The number of likely N-dealkylation sites (tertiary alicyclic amines) is 1. The van der Waals surface area contributed by atoms with Crippen molar-refractivity contribution in [1.82, 2.24) is 9.57 Å². The van der Waals surface area contributed by atoms with Crippen LogP contribution >= 0.6 is 8.53 Å². The number of hydrogen-bond donors (Lipinski definition) is 0. The van der Waals surface area contributed by atoms with Gasteiger partial charge in [-0.05, 0) is 109 Å². The molecule has 1 atom stereocenters. The molecule has 3 heterocycles. The average molecular weight is 900 g/mol. The first-order chi connectivity index (χ1) is 31.0. The summed E-state index contributed by atoms with van der Waals surface area (Å²) in [6, 6.07) is 13.9. The number of carbonyl (C=O) groups excluding carboxylic acids is 1. The third kappa shape index (κ3) is 12.5. The Kier molecular flexibility index (Phi) is 17.8. The van der Waals surface area contributed by atoms with Crippen LogP contribution in [0, 0.1) is 21.4 Å². The van der Waals surface area contributed by atoms with E-state index in [2.05, 4.69) is 64.7 Å². The Labute approximate surface area is 377 Å². The number of hydrogen-bond acceptors (Lipinski definition) is 15. The summed E-state index contributed by atoms with van der Waals surface area (Å²) in [6.07, 6.45) is 8.70. The minimum atomic E-state index is -1.31. The summed E-state index contributed by atoms with van der Waals surface area (Å²) < 4.78 is 32.8. The highest BCUT2D eigenvalue weighted by Crippen LogP contribution is 2.49. The molecule has 0 N–H and O–H groups in total. The molecule has 3 aromatic rings. The molecule has 0 radical (unpaired) electrons. The van der Waals surface area contributed by atoms with Gasteiger partial charge in [0, 0.05) is 80.2 Å². The molecule has 0 aromatic heterocycles. The first-order valence-electron chi connectivity index (χ1n) is 22.4. The van der Waals surface area contributed by atoms with Crippen molar-refractivity contribution in [2.75, 3.05) is 58.5 Å². The van der Waals surface area contributed by atoms with Crippen LogP contribution in [0.3, 0.4) is 0 Å². The predicted octanol–water partition coefficient (Wildman–Crippen LogP) is 11.4. The van der Waals surface area contributed by atoms with E-state index in [0.29, 0.717) is 73.4 Å². The average Bonchev–Trinajstić information content (AvgIpc) is 3.29. The van der Waals surface area contributed by atoms with E-state index in [-0.39, 0.29) is 29.8 Å². The zero-order valence-electron chi connectivity index (χ0n) is 38.0. The van der Waals surface area contributed by atoms with Crippen LogP contribution in [-0.4, -0.2) is 92.2 Å². The number of ether oxygens (including phenoxy) is 3. The summed E-state index contributed by atoms with van der Waals surface area (Å²) in [4.78, 5) is 28.3. The molecular formula is C46H62N9O8P. The summed E-state index contributed by atoms with van der Waals surface area (Å²) in [6.45, 7) is 12.7. The van der Waals surface area contributed by atoms with Gasteiger partial charge in [0.15, 0.2) is 5.75 Å². The fourth-order valence-electron chi connectivity index (χ4n) is 8.45. The first-order valence-corrected chi connectivity index (χ1v) is 23.6. The number of azo groups is 2. The number of carbonyl (C=O) groups is 1. The van der Waals surface area contributed by atoms with Crippen LogP contribution in [0.1, 0.15) is 96.6 Å². The number of nitro groups is 1. The Morgan fingerprint density at radius 1 is 0.875 bits per heavy atom. The lowest BCUT2D eigenvalue weighted by molar-refractivity contribution is -0.384. The monoisotopic (exact) mass is 899 g/mol. The van der Waals surface area contributed by atoms with Crippen molar-refractivity contribution in [2.45, 2.75) is 117 Å². The van der Waals surface area contributed by atoms with Gasteiger partial charge in [0.25, 0.3) is 14.2 Å². The van der Waals surface area contributed by atoms with Gasteiger partial charge in [-0.1, -0.05) is 0 Å². The molecule has 344 valence electrons. The second-order valence-electron chi connectivity index (χ2n) is 16.7. The Bertz CT molecular complexity index is 2150. The number of non-ortho nitro benzene ring substituents is 1. The van der Waals surface area contributed by atoms with Crippen LogP contribution in [0.4, 0.5) is 34.1 Å². The number of nitrogens with zero attached hydrogens (tertiary/aromatic N) is 9. The lowest BCUT2D eigenvalue weighted by Gasteiger charge is -2.39. The van der Waals surface area contributed by atoms with Crippen molar-refractivity contribution < 1.29 is 33.0 Å². The fourth-order valence-corrected chi connectivity index (χ4v) is 10.2. The van der Waals surface area contributed by atoms with Crippen molar-refractivity contribution in [3.05, 3.63) is 63.7 Å². The highest BCUT2D eigenvalue weighted by atomic mass is 31.2. The van der Waals surface area contributed by atoms with Gasteiger partial charge in [-0.3, -0.25) is 14.9 Å². The maximum Gasteiger partial charge on any atom is 0.269 e. The molecular weight excluding hydrogens is 838 g/mol. The van der Waals surface area contributed by atoms with E-state index in [1.165, 1.54) is 55.3 Å². The number of anilines is 1. The van der Waals surface area contributed by atoms with E-state index in [0.717, 1.165) is 76.6 Å². The number of rotatable bonds is 22. The summed E-state index contributed by atoms with van der Waals surface area (Å²) in [5.41, 5.74) is 5.58.